The molecule has 0 radical (unpaired) electrons. The number of carbonyl (C=O) groups is 2. The quantitative estimate of drug-likeness (QED) is 0.593. The molecule has 1 saturated heterocycles. The van der Waals surface area contributed by atoms with Crippen LogP contribution in [0.1, 0.15) is 12.0 Å². The van der Waals surface area contributed by atoms with Crippen LogP contribution in [0.3, 0.4) is 0 Å². The number of halogens is 3. The molecule has 2 N–H and O–H groups in total. The van der Waals surface area contributed by atoms with Gasteiger partial charge in [0.15, 0.2) is 0 Å². The Balaban J connectivity index is 1.88. The number of imide groups is 1. The number of anilines is 2. The molecule has 0 saturated carbocycles. The molecule has 0 bridgehead atoms. The van der Waals surface area contributed by atoms with Gasteiger partial charge in [0.05, 0.1) is 32.9 Å². The third kappa shape index (κ3) is 3.40. The van der Waals surface area contributed by atoms with Crippen LogP contribution < -0.4 is 10.2 Å². The number of nitrogens with zero attached hydrogens (tertiary/aromatic N) is 1. The van der Waals surface area contributed by atoms with E-state index in [1.165, 1.54) is 30.3 Å². The van der Waals surface area contributed by atoms with E-state index in [4.69, 9.17) is 34.8 Å². The van der Waals surface area contributed by atoms with Gasteiger partial charge in [-0.15, -0.1) is 0 Å². The minimum Gasteiger partial charge on any atom is -0.508 e. The van der Waals surface area contributed by atoms with Gasteiger partial charge in [-0.25, -0.2) is 4.90 Å². The Morgan fingerprint density at radius 3 is 2.44 bits per heavy atom. The van der Waals surface area contributed by atoms with Crippen molar-refractivity contribution in [2.75, 3.05) is 10.2 Å². The molecular weight excluding hydrogens is 387 g/mol. The van der Waals surface area contributed by atoms with Gasteiger partial charge in [-0.05, 0) is 42.8 Å². The van der Waals surface area contributed by atoms with Gasteiger partial charge in [0.2, 0.25) is 5.91 Å². The van der Waals surface area contributed by atoms with E-state index in [2.05, 4.69) is 5.32 Å². The number of rotatable bonds is 3. The number of phenols is 1. The van der Waals surface area contributed by atoms with E-state index >= 15 is 0 Å². The molecule has 1 aliphatic heterocycles. The molecule has 1 unspecified atom stereocenters. The van der Waals surface area contributed by atoms with E-state index in [1.807, 2.05) is 0 Å². The Morgan fingerprint density at radius 1 is 1.08 bits per heavy atom. The normalized spacial score (nSPS) is 17.3. The second kappa shape index (κ2) is 6.75. The van der Waals surface area contributed by atoms with Crippen LogP contribution in [0, 0.1) is 6.92 Å². The first-order valence-electron chi connectivity index (χ1n) is 7.35. The van der Waals surface area contributed by atoms with E-state index in [9.17, 15) is 14.7 Å². The van der Waals surface area contributed by atoms with Crippen molar-refractivity contribution in [3.05, 3.63) is 51.0 Å². The highest BCUT2D eigenvalue weighted by atomic mass is 35.5. The highest BCUT2D eigenvalue weighted by Gasteiger charge is 2.40. The highest BCUT2D eigenvalue weighted by Crippen LogP contribution is 2.35. The van der Waals surface area contributed by atoms with E-state index < -0.39 is 11.9 Å². The van der Waals surface area contributed by atoms with Crippen molar-refractivity contribution in [3.8, 4) is 5.75 Å². The van der Waals surface area contributed by atoms with Crippen LogP contribution in [-0.4, -0.2) is 23.0 Å². The average molecular weight is 400 g/mol. The number of benzene rings is 2. The number of amides is 2. The van der Waals surface area contributed by atoms with Crippen molar-refractivity contribution < 1.29 is 14.7 Å². The number of aromatic hydroxyl groups is 1. The van der Waals surface area contributed by atoms with Crippen molar-refractivity contribution in [1.82, 2.24) is 0 Å². The van der Waals surface area contributed by atoms with E-state index in [-0.39, 0.29) is 23.1 Å². The molecule has 1 fully saturated rings. The molecule has 2 amide bonds. The molecule has 0 aromatic heterocycles. The fourth-order valence-electron chi connectivity index (χ4n) is 2.71. The van der Waals surface area contributed by atoms with Crippen LogP contribution in [0.5, 0.6) is 5.75 Å². The van der Waals surface area contributed by atoms with Crippen molar-refractivity contribution in [1.29, 1.82) is 0 Å². The number of phenolic OH excluding ortho intramolecular Hbond substituents is 1. The monoisotopic (exact) mass is 398 g/mol. The predicted octanol–water partition coefficient (Wildman–Crippen LogP) is 4.40. The fourth-order valence-corrected chi connectivity index (χ4v) is 3.31. The lowest BCUT2D eigenvalue weighted by Gasteiger charge is -2.18. The minimum atomic E-state index is -0.768. The van der Waals surface area contributed by atoms with Crippen molar-refractivity contribution in [2.45, 2.75) is 19.4 Å². The third-order valence-electron chi connectivity index (χ3n) is 3.91. The second-order valence-corrected chi connectivity index (χ2v) is 6.91. The van der Waals surface area contributed by atoms with Gasteiger partial charge in [0.1, 0.15) is 11.8 Å². The molecule has 0 spiro atoms. The molecule has 25 heavy (non-hydrogen) atoms. The standard InChI is InChI=1S/C17H13Cl3N2O3/c1-8-4-9(23)2-3-15(8)22-16(24)7-14(17(22)25)21-13-6-11(19)10(18)5-12(13)20/h2-6,14,21,23H,7H2,1H3. The maximum atomic E-state index is 12.7. The van der Waals surface area contributed by atoms with Gasteiger partial charge in [-0.2, -0.15) is 0 Å². The Bertz CT molecular complexity index is 886. The molecule has 130 valence electrons. The summed E-state index contributed by atoms with van der Waals surface area (Å²) >= 11 is 18.0. The zero-order valence-corrected chi connectivity index (χ0v) is 15.3. The summed E-state index contributed by atoms with van der Waals surface area (Å²) in [5.74, 6) is -0.675. The van der Waals surface area contributed by atoms with Gasteiger partial charge in [0.25, 0.3) is 5.91 Å². The molecule has 2 aromatic carbocycles. The first kappa shape index (κ1) is 17.9. The summed E-state index contributed by atoms with van der Waals surface area (Å²) in [4.78, 5) is 26.2. The summed E-state index contributed by atoms with van der Waals surface area (Å²) in [6.07, 6.45) is -0.0181. The van der Waals surface area contributed by atoms with Crippen molar-refractivity contribution in [3.63, 3.8) is 0 Å². The molecule has 1 aliphatic rings. The van der Waals surface area contributed by atoms with E-state index in [0.29, 0.717) is 27.0 Å². The summed E-state index contributed by atoms with van der Waals surface area (Å²) in [5.41, 5.74) is 1.48. The molecule has 5 nitrogen and oxygen atoms in total. The maximum Gasteiger partial charge on any atom is 0.256 e. The fraction of sp³-hybridized carbons (Fsp3) is 0.176. The average Bonchev–Trinajstić information content (AvgIpc) is 2.80. The highest BCUT2D eigenvalue weighted by molar-refractivity contribution is 6.44. The van der Waals surface area contributed by atoms with Gasteiger partial charge >= 0.3 is 0 Å². The summed E-state index contributed by atoms with van der Waals surface area (Å²) in [6, 6.07) is 6.67. The van der Waals surface area contributed by atoms with Crippen LogP contribution in [0.25, 0.3) is 0 Å². The minimum absolute atomic E-state index is 0.0181. The van der Waals surface area contributed by atoms with Crippen LogP contribution in [-0.2, 0) is 9.59 Å². The Hall–Kier alpha value is -1.95. The smallest absolute Gasteiger partial charge is 0.256 e. The molecular formula is C17H13Cl3N2O3. The molecule has 1 atom stereocenters. The molecule has 2 aromatic rings. The number of hydrogen-bond acceptors (Lipinski definition) is 4. The first-order chi connectivity index (χ1) is 11.8. The maximum absolute atomic E-state index is 12.7. The number of nitrogens with one attached hydrogen (secondary N) is 1. The van der Waals surface area contributed by atoms with Crippen LogP contribution >= 0.6 is 34.8 Å². The molecule has 3 rings (SSSR count). The summed E-state index contributed by atoms with van der Waals surface area (Å²) in [7, 11) is 0. The zero-order valence-electron chi connectivity index (χ0n) is 13.0. The lowest BCUT2D eigenvalue weighted by atomic mass is 10.1. The molecule has 8 heteroatoms. The zero-order chi connectivity index (χ0) is 18.3. The predicted molar refractivity (Wildman–Crippen MR) is 98.8 cm³/mol. The Morgan fingerprint density at radius 2 is 1.76 bits per heavy atom. The summed E-state index contributed by atoms with van der Waals surface area (Å²) in [5, 5.41) is 13.3. The number of carbonyl (C=O) groups excluding carboxylic acids is 2. The van der Waals surface area contributed by atoms with Gasteiger partial charge in [-0.3, -0.25) is 9.59 Å². The van der Waals surface area contributed by atoms with Crippen molar-refractivity contribution in [2.24, 2.45) is 0 Å². The first-order valence-corrected chi connectivity index (χ1v) is 8.49. The van der Waals surface area contributed by atoms with Crippen molar-refractivity contribution >= 4 is 58.0 Å². The van der Waals surface area contributed by atoms with Crippen LogP contribution in [0.2, 0.25) is 15.1 Å². The Labute approximate surface area is 159 Å². The SMILES string of the molecule is Cc1cc(O)ccc1N1C(=O)CC(Nc2cc(Cl)c(Cl)cc2Cl)C1=O. The molecule has 1 heterocycles. The van der Waals surface area contributed by atoms with Gasteiger partial charge in [0, 0.05) is 0 Å². The number of hydrogen-bond donors (Lipinski definition) is 2. The van der Waals surface area contributed by atoms with E-state index in [1.54, 1.807) is 6.92 Å². The Kier molecular flexibility index (Phi) is 4.82. The van der Waals surface area contributed by atoms with Gasteiger partial charge < -0.3 is 10.4 Å². The lowest BCUT2D eigenvalue weighted by molar-refractivity contribution is -0.121. The van der Waals surface area contributed by atoms with Crippen LogP contribution in [0.15, 0.2) is 30.3 Å². The topological polar surface area (TPSA) is 69.6 Å². The number of aryl methyl sites for hydroxylation is 1. The van der Waals surface area contributed by atoms with E-state index in [0.717, 1.165) is 4.90 Å². The summed E-state index contributed by atoms with van der Waals surface area (Å²) in [6.45, 7) is 1.71. The lowest BCUT2D eigenvalue weighted by Crippen LogP contribution is -2.35. The largest absolute Gasteiger partial charge is 0.508 e. The second-order valence-electron chi connectivity index (χ2n) is 5.69. The molecule has 0 aliphatic carbocycles. The summed E-state index contributed by atoms with van der Waals surface area (Å²) < 4.78 is 0. The third-order valence-corrected chi connectivity index (χ3v) is 4.94. The van der Waals surface area contributed by atoms with Gasteiger partial charge in [-0.1, -0.05) is 34.8 Å². The van der Waals surface area contributed by atoms with Crippen LogP contribution in [0.4, 0.5) is 11.4 Å².